The van der Waals surface area contributed by atoms with E-state index in [0.717, 1.165) is 38.5 Å². The van der Waals surface area contributed by atoms with E-state index in [0.29, 0.717) is 23.9 Å². The highest BCUT2D eigenvalue weighted by Crippen LogP contribution is 2.43. The van der Waals surface area contributed by atoms with Gasteiger partial charge in [-0.3, -0.25) is 13.8 Å². The van der Waals surface area contributed by atoms with Crippen LogP contribution in [0.5, 0.6) is 0 Å². The first kappa shape index (κ1) is 59.2. The van der Waals surface area contributed by atoms with Crippen LogP contribution in [-0.4, -0.2) is 73.4 Å². The molecule has 0 saturated carbocycles. The molecule has 0 aliphatic heterocycles. The first-order chi connectivity index (χ1) is 29.0. The topological polar surface area (TPSA) is 105 Å². The van der Waals surface area contributed by atoms with Crippen molar-refractivity contribution >= 4 is 13.7 Å². The minimum atomic E-state index is -4.32. The maximum atomic E-state index is 12.9. The molecule has 0 bridgehead atoms. The summed E-state index contributed by atoms with van der Waals surface area (Å²) in [5.74, 6) is -0.145. The van der Waals surface area contributed by atoms with Crippen LogP contribution in [0.1, 0.15) is 258 Å². The molecule has 60 heavy (non-hydrogen) atoms. The van der Waals surface area contributed by atoms with Gasteiger partial charge in [-0.15, -0.1) is 0 Å². The molecule has 0 fully saturated rings. The van der Waals surface area contributed by atoms with Crippen molar-refractivity contribution in [3.05, 3.63) is 12.2 Å². The van der Waals surface area contributed by atoms with Gasteiger partial charge in [-0.25, -0.2) is 4.57 Å². The third-order valence-corrected chi connectivity index (χ3v) is 13.0. The Bertz CT molecular complexity index is 989. The number of nitrogens with zero attached hydrogens (tertiary/aromatic N) is 1. The molecule has 3 N–H and O–H groups in total. The van der Waals surface area contributed by atoms with Crippen LogP contribution in [0.15, 0.2) is 12.2 Å². The Morgan fingerprint density at radius 2 is 0.900 bits per heavy atom. The molecule has 0 saturated heterocycles. The molecule has 8 nitrogen and oxygen atoms in total. The zero-order valence-electron chi connectivity index (χ0n) is 40.7. The molecule has 1 amide bonds. The van der Waals surface area contributed by atoms with Crippen molar-refractivity contribution in [3.63, 3.8) is 0 Å². The van der Waals surface area contributed by atoms with Crippen LogP contribution in [0.2, 0.25) is 0 Å². The van der Waals surface area contributed by atoms with E-state index in [-0.39, 0.29) is 19.1 Å². The highest BCUT2D eigenvalue weighted by molar-refractivity contribution is 7.47. The van der Waals surface area contributed by atoms with Crippen LogP contribution >= 0.6 is 7.82 Å². The number of carbonyl (C=O) groups excluding carboxylic acids is 1. The van der Waals surface area contributed by atoms with Gasteiger partial charge in [0, 0.05) is 6.42 Å². The predicted octanol–water partition coefficient (Wildman–Crippen LogP) is 15.1. The molecule has 0 radical (unpaired) electrons. The lowest BCUT2D eigenvalue weighted by molar-refractivity contribution is -0.870. The molecule has 358 valence electrons. The van der Waals surface area contributed by atoms with Crippen LogP contribution in [0, 0.1) is 0 Å². The molecule has 0 aromatic heterocycles. The van der Waals surface area contributed by atoms with E-state index in [4.69, 9.17) is 9.05 Å². The number of likely N-dealkylation sites (N-methyl/N-ethyl adjacent to an activating group) is 1. The van der Waals surface area contributed by atoms with E-state index in [1.165, 1.54) is 193 Å². The van der Waals surface area contributed by atoms with Crippen molar-refractivity contribution in [2.75, 3.05) is 40.9 Å². The van der Waals surface area contributed by atoms with Crippen LogP contribution in [0.4, 0.5) is 0 Å². The number of quaternary nitrogens is 1. The van der Waals surface area contributed by atoms with Crippen LogP contribution < -0.4 is 5.32 Å². The highest BCUT2D eigenvalue weighted by atomic mass is 31.2. The minimum absolute atomic E-state index is 0.0760. The molecule has 0 aromatic carbocycles. The summed E-state index contributed by atoms with van der Waals surface area (Å²) in [6, 6.07) is -0.759. The third-order valence-electron chi connectivity index (χ3n) is 12.0. The maximum Gasteiger partial charge on any atom is 0.472 e. The summed E-state index contributed by atoms with van der Waals surface area (Å²) in [5, 5.41) is 14.0. The monoisotopic (exact) mass is 872 g/mol. The Morgan fingerprint density at radius 1 is 0.550 bits per heavy atom. The molecule has 0 aromatic rings. The normalized spacial score (nSPS) is 14.2. The number of phosphoric acid groups is 1. The fourth-order valence-electron chi connectivity index (χ4n) is 7.87. The second-order valence-corrected chi connectivity index (χ2v) is 20.7. The Kier molecular flexibility index (Phi) is 42.9. The van der Waals surface area contributed by atoms with Crippen molar-refractivity contribution in [2.24, 2.45) is 0 Å². The van der Waals surface area contributed by atoms with E-state index in [1.54, 1.807) is 0 Å². The number of aliphatic hydroxyl groups excluding tert-OH is 1. The first-order valence-corrected chi connectivity index (χ1v) is 27.5. The number of carbonyl (C=O) groups is 1. The van der Waals surface area contributed by atoms with Gasteiger partial charge in [-0.2, -0.15) is 0 Å². The number of hydrogen-bond acceptors (Lipinski definition) is 5. The zero-order chi connectivity index (χ0) is 44.3. The Balaban J connectivity index is 4.20. The summed E-state index contributed by atoms with van der Waals surface area (Å²) in [5.41, 5.74) is 0. The van der Waals surface area contributed by atoms with Gasteiger partial charge in [-0.05, 0) is 38.5 Å². The number of unbranched alkanes of at least 4 members (excludes halogenated alkanes) is 33. The molecule has 9 heteroatoms. The van der Waals surface area contributed by atoms with E-state index in [9.17, 15) is 19.4 Å². The third kappa shape index (κ3) is 45.3. The molecule has 0 spiro atoms. The molecular weight excluding hydrogens is 768 g/mol. The smallest absolute Gasteiger partial charge is 0.391 e. The Hall–Kier alpha value is -0.760. The van der Waals surface area contributed by atoms with Gasteiger partial charge in [0.15, 0.2) is 0 Å². The summed E-state index contributed by atoms with van der Waals surface area (Å²) in [7, 11) is 1.62. The van der Waals surface area contributed by atoms with Crippen molar-refractivity contribution in [3.8, 4) is 0 Å². The molecular formula is C51H104N2O6P+. The van der Waals surface area contributed by atoms with Crippen LogP contribution in [-0.2, 0) is 18.4 Å². The second kappa shape index (κ2) is 43.5. The fourth-order valence-corrected chi connectivity index (χ4v) is 8.60. The van der Waals surface area contributed by atoms with Gasteiger partial charge in [0.1, 0.15) is 13.2 Å². The van der Waals surface area contributed by atoms with Crippen LogP contribution in [0.3, 0.4) is 0 Å². The quantitative estimate of drug-likeness (QED) is 0.0243. The average molecular weight is 872 g/mol. The number of allylic oxidation sites excluding steroid dienone is 2. The summed E-state index contributed by atoms with van der Waals surface area (Å²) < 4.78 is 23.7. The standard InChI is InChI=1S/C51H103N2O6P/c1-6-8-10-12-14-16-18-20-22-23-24-25-26-27-28-29-31-33-35-37-39-41-43-45-51(55)52-49(48-59-60(56,57)58-47-46-53(3,4)5)50(54)44-42-40-38-36-34-32-30-21-19-17-15-13-11-9-7-2/h27-28,49-50,54H,6-26,29-48H2,1-5H3,(H-,52,55,56,57)/p+1/b28-27-. The maximum absolute atomic E-state index is 12.9. The first-order valence-electron chi connectivity index (χ1n) is 26.1. The van der Waals surface area contributed by atoms with Gasteiger partial charge in [-0.1, -0.05) is 225 Å². The summed E-state index contributed by atoms with van der Waals surface area (Å²) in [6.45, 7) is 4.91. The fraction of sp³-hybridized carbons (Fsp3) is 0.941. The van der Waals surface area contributed by atoms with E-state index in [2.05, 4.69) is 31.3 Å². The van der Waals surface area contributed by atoms with E-state index >= 15 is 0 Å². The molecule has 0 rings (SSSR count). The predicted molar refractivity (Wildman–Crippen MR) is 259 cm³/mol. The van der Waals surface area contributed by atoms with E-state index < -0.39 is 20.0 Å². The van der Waals surface area contributed by atoms with Crippen LogP contribution in [0.25, 0.3) is 0 Å². The number of aliphatic hydroxyl groups is 1. The molecule has 0 aliphatic rings. The molecule has 0 aliphatic carbocycles. The average Bonchev–Trinajstić information content (AvgIpc) is 3.20. The van der Waals surface area contributed by atoms with Crippen molar-refractivity contribution in [1.82, 2.24) is 5.32 Å². The molecule has 0 heterocycles. The summed E-state index contributed by atoms with van der Waals surface area (Å²) >= 11 is 0. The van der Waals surface area contributed by atoms with Crippen molar-refractivity contribution < 1.29 is 32.9 Å². The second-order valence-electron chi connectivity index (χ2n) is 19.3. The minimum Gasteiger partial charge on any atom is -0.391 e. The summed E-state index contributed by atoms with van der Waals surface area (Å²) in [4.78, 5) is 23.2. The number of hydrogen-bond donors (Lipinski definition) is 3. The lowest BCUT2D eigenvalue weighted by Crippen LogP contribution is -2.46. The number of amides is 1. The Labute approximate surface area is 373 Å². The zero-order valence-corrected chi connectivity index (χ0v) is 41.6. The van der Waals surface area contributed by atoms with Gasteiger partial charge in [0.25, 0.3) is 0 Å². The van der Waals surface area contributed by atoms with E-state index in [1.807, 2.05) is 21.1 Å². The lowest BCUT2D eigenvalue weighted by Gasteiger charge is -2.26. The molecule has 3 unspecified atom stereocenters. The van der Waals surface area contributed by atoms with Gasteiger partial charge in [0.05, 0.1) is 39.9 Å². The number of rotatable bonds is 48. The van der Waals surface area contributed by atoms with Crippen molar-refractivity contribution in [2.45, 2.75) is 270 Å². The highest BCUT2D eigenvalue weighted by Gasteiger charge is 2.28. The number of phosphoric ester groups is 1. The largest absolute Gasteiger partial charge is 0.472 e. The molecule has 3 atom stereocenters. The van der Waals surface area contributed by atoms with Gasteiger partial charge < -0.3 is 19.8 Å². The van der Waals surface area contributed by atoms with Gasteiger partial charge in [0.2, 0.25) is 5.91 Å². The summed E-state index contributed by atoms with van der Waals surface area (Å²) in [6.07, 6.45) is 51.0. The SMILES string of the molecule is CCCCCCCCCCCCCC/C=C\CCCCCCCCCC(=O)NC(COP(=O)(O)OCC[N+](C)(C)C)C(O)CCCCCCCCCCCCCCCCC. The Morgan fingerprint density at radius 3 is 1.28 bits per heavy atom. The van der Waals surface area contributed by atoms with Gasteiger partial charge >= 0.3 is 7.82 Å². The number of nitrogens with one attached hydrogen (secondary N) is 1. The van der Waals surface area contributed by atoms with Crippen molar-refractivity contribution in [1.29, 1.82) is 0 Å². The lowest BCUT2D eigenvalue weighted by atomic mass is 10.0.